The second-order valence-electron chi connectivity index (χ2n) is 6.13. The van der Waals surface area contributed by atoms with Crippen molar-refractivity contribution in [3.8, 4) is 0 Å². The molecule has 0 bridgehead atoms. The fourth-order valence-electron chi connectivity index (χ4n) is 2.99. The number of hydrogen-bond acceptors (Lipinski definition) is 3. The number of aliphatic hydroxyl groups is 1. The monoisotopic (exact) mass is 228 g/mol. The minimum atomic E-state index is 0.102. The first-order valence-corrected chi connectivity index (χ1v) is 6.52. The lowest BCUT2D eigenvalue weighted by atomic mass is 9.64. The standard InChI is InChI=1S/C13H28N2O/c1-11-9-12(2,3)5-6-13(11,10-14)15-7-4-8-16/h11,15-16H,4-10,14H2,1-3H3. The molecule has 0 aromatic carbocycles. The highest BCUT2D eigenvalue weighted by Gasteiger charge is 2.42. The molecule has 96 valence electrons. The average Bonchev–Trinajstić information content (AvgIpc) is 2.21. The molecule has 0 radical (unpaired) electrons. The van der Waals surface area contributed by atoms with Gasteiger partial charge in [-0.25, -0.2) is 0 Å². The molecule has 16 heavy (non-hydrogen) atoms. The van der Waals surface area contributed by atoms with E-state index in [0.717, 1.165) is 19.4 Å². The summed E-state index contributed by atoms with van der Waals surface area (Å²) in [5.74, 6) is 0.611. The van der Waals surface area contributed by atoms with E-state index >= 15 is 0 Å². The van der Waals surface area contributed by atoms with Crippen molar-refractivity contribution in [2.45, 2.75) is 52.0 Å². The predicted octanol–water partition coefficient (Wildman–Crippen LogP) is 1.50. The number of aliphatic hydroxyl groups excluding tert-OH is 1. The molecule has 0 aromatic rings. The van der Waals surface area contributed by atoms with E-state index in [2.05, 4.69) is 26.1 Å². The third-order valence-corrected chi connectivity index (χ3v) is 4.23. The zero-order valence-corrected chi connectivity index (χ0v) is 11.1. The molecule has 1 saturated carbocycles. The van der Waals surface area contributed by atoms with Crippen molar-refractivity contribution in [2.24, 2.45) is 17.1 Å². The van der Waals surface area contributed by atoms with Crippen LogP contribution in [0, 0.1) is 11.3 Å². The van der Waals surface area contributed by atoms with Gasteiger partial charge in [-0.3, -0.25) is 0 Å². The maximum absolute atomic E-state index is 8.83. The Labute approximate surface area is 99.8 Å². The number of nitrogens with one attached hydrogen (secondary N) is 1. The van der Waals surface area contributed by atoms with Gasteiger partial charge < -0.3 is 16.2 Å². The molecule has 1 aliphatic rings. The van der Waals surface area contributed by atoms with Crippen LogP contribution in [0.15, 0.2) is 0 Å². The Balaban J connectivity index is 2.58. The maximum atomic E-state index is 8.83. The van der Waals surface area contributed by atoms with Gasteiger partial charge in [-0.1, -0.05) is 20.8 Å². The second-order valence-corrected chi connectivity index (χ2v) is 6.13. The van der Waals surface area contributed by atoms with E-state index in [-0.39, 0.29) is 12.1 Å². The van der Waals surface area contributed by atoms with E-state index in [1.54, 1.807) is 0 Å². The van der Waals surface area contributed by atoms with Gasteiger partial charge in [-0.15, -0.1) is 0 Å². The van der Waals surface area contributed by atoms with Gasteiger partial charge in [-0.05, 0) is 43.6 Å². The molecule has 0 heterocycles. The van der Waals surface area contributed by atoms with Gasteiger partial charge in [0.2, 0.25) is 0 Å². The van der Waals surface area contributed by atoms with Gasteiger partial charge in [0, 0.05) is 18.7 Å². The zero-order valence-electron chi connectivity index (χ0n) is 11.1. The Morgan fingerprint density at radius 2 is 2.06 bits per heavy atom. The molecule has 1 aliphatic carbocycles. The van der Waals surface area contributed by atoms with E-state index in [4.69, 9.17) is 10.8 Å². The highest BCUT2D eigenvalue weighted by Crippen LogP contribution is 2.43. The molecule has 2 unspecified atom stereocenters. The van der Waals surface area contributed by atoms with Crippen LogP contribution >= 0.6 is 0 Å². The van der Waals surface area contributed by atoms with E-state index in [0.29, 0.717) is 17.9 Å². The van der Waals surface area contributed by atoms with Gasteiger partial charge in [0.15, 0.2) is 0 Å². The largest absolute Gasteiger partial charge is 0.396 e. The Hall–Kier alpha value is -0.120. The third kappa shape index (κ3) is 3.19. The fraction of sp³-hybridized carbons (Fsp3) is 1.00. The van der Waals surface area contributed by atoms with Crippen molar-refractivity contribution in [2.75, 3.05) is 19.7 Å². The Morgan fingerprint density at radius 1 is 1.38 bits per heavy atom. The smallest absolute Gasteiger partial charge is 0.0443 e. The fourth-order valence-corrected chi connectivity index (χ4v) is 2.99. The summed E-state index contributed by atoms with van der Waals surface area (Å²) in [5.41, 5.74) is 6.53. The number of rotatable bonds is 5. The van der Waals surface area contributed by atoms with Crippen LogP contribution in [0.25, 0.3) is 0 Å². The van der Waals surface area contributed by atoms with E-state index in [9.17, 15) is 0 Å². The van der Waals surface area contributed by atoms with Crippen molar-refractivity contribution in [3.05, 3.63) is 0 Å². The van der Waals surface area contributed by atoms with Crippen LogP contribution in [0.5, 0.6) is 0 Å². The van der Waals surface area contributed by atoms with Crippen molar-refractivity contribution in [1.29, 1.82) is 0 Å². The lowest BCUT2D eigenvalue weighted by Crippen LogP contribution is -2.59. The van der Waals surface area contributed by atoms with Crippen LogP contribution in [0.2, 0.25) is 0 Å². The average molecular weight is 228 g/mol. The molecule has 2 atom stereocenters. The lowest BCUT2D eigenvalue weighted by Gasteiger charge is -2.48. The molecule has 1 rings (SSSR count). The van der Waals surface area contributed by atoms with Crippen LogP contribution < -0.4 is 11.1 Å². The summed E-state index contributed by atoms with van der Waals surface area (Å²) in [6.07, 6.45) is 4.44. The van der Waals surface area contributed by atoms with Crippen LogP contribution in [-0.2, 0) is 0 Å². The number of nitrogens with two attached hydrogens (primary N) is 1. The molecular formula is C13H28N2O. The Kier molecular flexibility index (Phi) is 4.77. The van der Waals surface area contributed by atoms with E-state index in [1.165, 1.54) is 12.8 Å². The van der Waals surface area contributed by atoms with Gasteiger partial charge in [-0.2, -0.15) is 0 Å². The molecule has 3 nitrogen and oxygen atoms in total. The summed E-state index contributed by atoms with van der Waals surface area (Å²) >= 11 is 0. The van der Waals surface area contributed by atoms with Crippen LogP contribution in [-0.4, -0.2) is 30.3 Å². The summed E-state index contributed by atoms with van der Waals surface area (Å²) in [6, 6.07) is 0. The zero-order chi connectivity index (χ0) is 12.2. The van der Waals surface area contributed by atoms with E-state index in [1.807, 2.05) is 0 Å². The molecule has 0 aromatic heterocycles. The lowest BCUT2D eigenvalue weighted by molar-refractivity contribution is 0.0777. The van der Waals surface area contributed by atoms with Crippen molar-refractivity contribution in [3.63, 3.8) is 0 Å². The third-order valence-electron chi connectivity index (χ3n) is 4.23. The van der Waals surface area contributed by atoms with Crippen LogP contribution in [0.4, 0.5) is 0 Å². The first kappa shape index (κ1) is 13.9. The van der Waals surface area contributed by atoms with Crippen molar-refractivity contribution in [1.82, 2.24) is 5.32 Å². The maximum Gasteiger partial charge on any atom is 0.0443 e. The predicted molar refractivity (Wildman–Crippen MR) is 68.3 cm³/mol. The molecule has 0 amide bonds. The molecule has 0 aliphatic heterocycles. The normalized spacial score (nSPS) is 33.9. The Morgan fingerprint density at radius 3 is 2.56 bits per heavy atom. The minimum Gasteiger partial charge on any atom is -0.396 e. The van der Waals surface area contributed by atoms with Gasteiger partial charge in [0.1, 0.15) is 0 Å². The topological polar surface area (TPSA) is 58.3 Å². The first-order valence-electron chi connectivity index (χ1n) is 6.52. The molecule has 0 spiro atoms. The van der Waals surface area contributed by atoms with Gasteiger partial charge >= 0.3 is 0 Å². The summed E-state index contributed by atoms with van der Waals surface area (Å²) in [5, 5.41) is 12.4. The van der Waals surface area contributed by atoms with Crippen LogP contribution in [0.1, 0.15) is 46.5 Å². The second kappa shape index (κ2) is 5.48. The molecule has 3 heteroatoms. The summed E-state index contributed by atoms with van der Waals surface area (Å²) in [7, 11) is 0. The highest BCUT2D eigenvalue weighted by molar-refractivity contribution is 5.00. The highest BCUT2D eigenvalue weighted by atomic mass is 16.3. The van der Waals surface area contributed by atoms with Gasteiger partial charge in [0.25, 0.3) is 0 Å². The molecule has 0 saturated heterocycles. The van der Waals surface area contributed by atoms with Crippen molar-refractivity contribution < 1.29 is 5.11 Å². The van der Waals surface area contributed by atoms with Crippen molar-refractivity contribution >= 4 is 0 Å². The molecule has 4 N–H and O–H groups in total. The number of hydrogen-bond donors (Lipinski definition) is 3. The van der Waals surface area contributed by atoms with Crippen LogP contribution in [0.3, 0.4) is 0 Å². The first-order chi connectivity index (χ1) is 7.46. The summed E-state index contributed by atoms with van der Waals surface area (Å²) in [6.45, 7) is 8.83. The van der Waals surface area contributed by atoms with Gasteiger partial charge in [0.05, 0.1) is 0 Å². The van der Waals surface area contributed by atoms with E-state index < -0.39 is 0 Å². The Bertz CT molecular complexity index is 218. The SMILES string of the molecule is CC1CC(C)(C)CCC1(CN)NCCCO. The molecular weight excluding hydrogens is 200 g/mol. The summed E-state index contributed by atoms with van der Waals surface area (Å²) < 4.78 is 0. The summed E-state index contributed by atoms with van der Waals surface area (Å²) in [4.78, 5) is 0. The quantitative estimate of drug-likeness (QED) is 0.625. The molecule has 1 fully saturated rings. The minimum absolute atomic E-state index is 0.102.